The predicted octanol–water partition coefficient (Wildman–Crippen LogP) is 16.0. The Morgan fingerprint density at radius 2 is 1.10 bits per heavy atom. The highest BCUT2D eigenvalue weighted by atomic mass is 32.1. The lowest BCUT2D eigenvalue weighted by atomic mass is 9.79. The van der Waals surface area contributed by atoms with Crippen LogP contribution in [0.4, 0.5) is 0 Å². The SMILES string of the molecule is Cc1sc(C)c2c(-n3c4ccccc4c4cccc(-c5ccnc(-c6cccc(-c7cc(-c8cc(C(C)(C)C)cc(C(C)(C)C)c8)cc(-c8ccccc8O)n7)c6)c5)c43)cccc12. The first kappa shape index (κ1) is 40.3. The standard InChI is InChI=1S/C58H51N3OS/c1-35-44-20-15-24-53(55(44)36(2)63-35)61-52-23-11-9-18-46(52)47-22-14-21-45(56(47)61)37-26-27-59-49(31-37)38-16-13-17-39(28-38)50-32-41(33-51(60-50)48-19-10-12-25-54(48)62)40-29-42(57(3,4)5)34-43(30-40)58(6,7)8/h9-34,62H,1-8H3. The number of fused-ring (bicyclic) bond motifs is 4. The smallest absolute Gasteiger partial charge is 0.124 e. The van der Waals surface area contributed by atoms with Crippen molar-refractivity contribution in [1.82, 2.24) is 14.5 Å². The molecule has 0 aliphatic carbocycles. The van der Waals surface area contributed by atoms with Gasteiger partial charge in [-0.2, -0.15) is 0 Å². The van der Waals surface area contributed by atoms with Crippen LogP contribution in [0.1, 0.15) is 62.4 Å². The fraction of sp³-hybridized carbons (Fsp3) is 0.172. The summed E-state index contributed by atoms with van der Waals surface area (Å²) < 4.78 is 2.48. The van der Waals surface area contributed by atoms with Crippen molar-refractivity contribution >= 4 is 43.9 Å². The molecule has 0 saturated carbocycles. The Bertz CT molecular complexity index is 3380. The predicted molar refractivity (Wildman–Crippen MR) is 267 cm³/mol. The van der Waals surface area contributed by atoms with E-state index in [0.29, 0.717) is 5.56 Å². The molecule has 310 valence electrons. The van der Waals surface area contributed by atoms with Gasteiger partial charge >= 0.3 is 0 Å². The number of thiophene rings is 1. The third kappa shape index (κ3) is 7.20. The number of rotatable bonds is 6. The first-order chi connectivity index (χ1) is 30.2. The fourth-order valence-electron chi connectivity index (χ4n) is 9.15. The molecule has 10 aromatic rings. The lowest BCUT2D eigenvalue weighted by Gasteiger charge is -2.26. The van der Waals surface area contributed by atoms with Crippen molar-refractivity contribution < 1.29 is 5.11 Å². The summed E-state index contributed by atoms with van der Waals surface area (Å²) >= 11 is 1.87. The number of para-hydroxylation sites is 3. The Morgan fingerprint density at radius 1 is 0.492 bits per heavy atom. The number of phenolic OH excluding ortho intramolecular Hbond substituents is 1. The summed E-state index contributed by atoms with van der Waals surface area (Å²) in [6.07, 6.45) is 1.93. The van der Waals surface area contributed by atoms with E-state index in [1.165, 1.54) is 59.1 Å². The van der Waals surface area contributed by atoms with Gasteiger partial charge in [0.05, 0.1) is 33.8 Å². The summed E-state index contributed by atoms with van der Waals surface area (Å²) in [5.41, 5.74) is 15.6. The van der Waals surface area contributed by atoms with E-state index in [1.807, 2.05) is 35.7 Å². The van der Waals surface area contributed by atoms with Crippen LogP contribution in [0.3, 0.4) is 0 Å². The zero-order valence-corrected chi connectivity index (χ0v) is 38.0. The number of pyridine rings is 2. The second kappa shape index (κ2) is 15.2. The summed E-state index contributed by atoms with van der Waals surface area (Å²) in [5.74, 6) is 0.202. The normalized spacial score (nSPS) is 12.2. The highest BCUT2D eigenvalue weighted by Crippen LogP contribution is 2.43. The summed E-state index contributed by atoms with van der Waals surface area (Å²) in [7, 11) is 0. The first-order valence-electron chi connectivity index (χ1n) is 21.8. The number of phenols is 1. The van der Waals surface area contributed by atoms with Gasteiger partial charge in [-0.05, 0) is 112 Å². The average Bonchev–Trinajstić information content (AvgIpc) is 3.78. The van der Waals surface area contributed by atoms with Gasteiger partial charge in [0.15, 0.2) is 0 Å². The number of aryl methyl sites for hydroxylation is 2. The molecule has 0 fully saturated rings. The zero-order chi connectivity index (χ0) is 43.8. The highest BCUT2D eigenvalue weighted by Gasteiger charge is 2.23. The molecule has 0 radical (unpaired) electrons. The molecule has 4 aromatic heterocycles. The summed E-state index contributed by atoms with van der Waals surface area (Å²) in [6, 6.07) is 53.8. The maximum atomic E-state index is 11.1. The van der Waals surface area contributed by atoms with Crippen molar-refractivity contribution in [2.24, 2.45) is 0 Å². The third-order valence-corrected chi connectivity index (χ3v) is 13.6. The van der Waals surface area contributed by atoms with Gasteiger partial charge in [-0.3, -0.25) is 4.98 Å². The molecule has 0 amide bonds. The molecule has 0 saturated heterocycles. The van der Waals surface area contributed by atoms with Crippen molar-refractivity contribution in [2.75, 3.05) is 0 Å². The maximum absolute atomic E-state index is 11.1. The van der Waals surface area contributed by atoms with Crippen molar-refractivity contribution in [3.8, 4) is 67.5 Å². The molecule has 0 atom stereocenters. The Labute approximate surface area is 374 Å². The third-order valence-electron chi connectivity index (χ3n) is 12.5. The summed E-state index contributed by atoms with van der Waals surface area (Å²) in [5, 5.41) is 16.2. The minimum atomic E-state index is -0.0411. The van der Waals surface area contributed by atoms with Crippen LogP contribution in [0.15, 0.2) is 158 Å². The van der Waals surface area contributed by atoms with Crippen LogP contribution in [0.25, 0.3) is 94.3 Å². The average molecular weight is 838 g/mol. The minimum absolute atomic E-state index is 0.0411. The van der Waals surface area contributed by atoms with Crippen molar-refractivity contribution in [3.63, 3.8) is 0 Å². The van der Waals surface area contributed by atoms with Crippen molar-refractivity contribution in [1.29, 1.82) is 0 Å². The molecule has 10 rings (SSSR count). The van der Waals surface area contributed by atoms with Crippen LogP contribution in [0.5, 0.6) is 5.75 Å². The molecule has 0 unspecified atom stereocenters. The van der Waals surface area contributed by atoms with E-state index >= 15 is 0 Å². The Balaban J connectivity index is 1.13. The molecular weight excluding hydrogens is 787 g/mol. The van der Waals surface area contributed by atoms with E-state index < -0.39 is 0 Å². The number of aromatic nitrogens is 3. The number of benzene rings is 6. The molecule has 63 heavy (non-hydrogen) atoms. The molecule has 4 nitrogen and oxygen atoms in total. The van der Waals surface area contributed by atoms with Gasteiger partial charge in [-0.15, -0.1) is 11.3 Å². The van der Waals surface area contributed by atoms with Crippen molar-refractivity contribution in [2.45, 2.75) is 66.2 Å². The first-order valence-corrected chi connectivity index (χ1v) is 22.6. The van der Waals surface area contributed by atoms with Gasteiger partial charge in [-0.1, -0.05) is 139 Å². The Kier molecular flexibility index (Phi) is 9.72. The summed E-state index contributed by atoms with van der Waals surface area (Å²) in [6.45, 7) is 18.1. The van der Waals surface area contributed by atoms with Crippen LogP contribution in [-0.4, -0.2) is 19.6 Å². The minimum Gasteiger partial charge on any atom is -0.507 e. The second-order valence-electron chi connectivity index (χ2n) is 18.9. The highest BCUT2D eigenvalue weighted by molar-refractivity contribution is 7.13. The van der Waals surface area contributed by atoms with E-state index in [9.17, 15) is 5.11 Å². The molecule has 0 bridgehead atoms. The van der Waals surface area contributed by atoms with E-state index in [1.54, 1.807) is 6.07 Å². The monoisotopic (exact) mass is 837 g/mol. The Morgan fingerprint density at radius 3 is 1.86 bits per heavy atom. The fourth-order valence-corrected chi connectivity index (χ4v) is 10.2. The van der Waals surface area contributed by atoms with Gasteiger partial charge in [-0.25, -0.2) is 4.98 Å². The van der Waals surface area contributed by atoms with E-state index in [2.05, 4.69) is 187 Å². The number of aromatic hydroxyl groups is 1. The van der Waals surface area contributed by atoms with E-state index in [4.69, 9.17) is 9.97 Å². The van der Waals surface area contributed by atoms with Crippen molar-refractivity contribution in [3.05, 3.63) is 179 Å². The largest absolute Gasteiger partial charge is 0.507 e. The number of hydrogen-bond donors (Lipinski definition) is 1. The lowest BCUT2D eigenvalue weighted by Crippen LogP contribution is -2.16. The molecular formula is C58H51N3OS. The van der Waals surface area contributed by atoms with Gasteiger partial charge in [0, 0.05) is 54.4 Å². The number of hydrogen-bond acceptors (Lipinski definition) is 4. The molecule has 0 aliphatic heterocycles. The molecule has 0 aliphatic rings. The maximum Gasteiger partial charge on any atom is 0.124 e. The zero-order valence-electron chi connectivity index (χ0n) is 37.2. The van der Waals surface area contributed by atoms with Gasteiger partial charge in [0.1, 0.15) is 5.75 Å². The van der Waals surface area contributed by atoms with Gasteiger partial charge < -0.3 is 9.67 Å². The molecule has 5 heteroatoms. The molecule has 1 N–H and O–H groups in total. The van der Waals surface area contributed by atoms with Crippen LogP contribution in [-0.2, 0) is 10.8 Å². The van der Waals surface area contributed by atoms with Crippen LogP contribution in [0, 0.1) is 13.8 Å². The molecule has 0 spiro atoms. The van der Waals surface area contributed by atoms with Crippen LogP contribution >= 0.6 is 11.3 Å². The van der Waals surface area contributed by atoms with E-state index in [0.717, 1.165) is 50.5 Å². The summed E-state index contributed by atoms with van der Waals surface area (Å²) in [4.78, 5) is 12.9. The molecule has 4 heterocycles. The second-order valence-corrected chi connectivity index (χ2v) is 20.4. The molecule has 6 aromatic carbocycles. The van der Waals surface area contributed by atoms with Crippen LogP contribution < -0.4 is 0 Å². The van der Waals surface area contributed by atoms with E-state index in [-0.39, 0.29) is 16.6 Å². The topological polar surface area (TPSA) is 50.9 Å². The van der Waals surface area contributed by atoms with Gasteiger partial charge in [0.2, 0.25) is 0 Å². The van der Waals surface area contributed by atoms with Crippen LogP contribution in [0.2, 0.25) is 0 Å². The lowest BCUT2D eigenvalue weighted by molar-refractivity contribution is 0.477. The van der Waals surface area contributed by atoms with Gasteiger partial charge in [0.25, 0.3) is 0 Å². The number of nitrogens with zero attached hydrogens (tertiary/aromatic N) is 3. The Hall–Kier alpha value is -6.82. The quantitative estimate of drug-likeness (QED) is 0.181.